The Balaban J connectivity index is 1.78. The number of rotatable bonds is 4. The second-order valence-electron chi connectivity index (χ2n) is 7.13. The Bertz CT molecular complexity index is 582. The van der Waals surface area contributed by atoms with Crippen LogP contribution in [0.1, 0.15) is 31.4 Å². The molecule has 2 unspecified atom stereocenters. The standard InChI is InChI=1S/C19H28FN3O2/c1-14(21)15-5-7-23(8-6-15)19(24)18(22-9-11-25-12-10-22)16-3-2-4-17(20)13-16/h2-4,13-15,18H,5-12,21H2,1H3. The summed E-state index contributed by atoms with van der Waals surface area (Å²) in [6.45, 7) is 6.05. The minimum atomic E-state index is -0.438. The van der Waals surface area contributed by atoms with Crippen molar-refractivity contribution in [1.29, 1.82) is 0 Å². The highest BCUT2D eigenvalue weighted by Crippen LogP contribution is 2.28. The van der Waals surface area contributed by atoms with Crippen molar-refractivity contribution in [1.82, 2.24) is 9.80 Å². The van der Waals surface area contributed by atoms with E-state index in [-0.39, 0.29) is 17.8 Å². The molecule has 1 amide bonds. The predicted octanol–water partition coefficient (Wildman–Crippen LogP) is 1.78. The van der Waals surface area contributed by atoms with Crippen LogP contribution in [0.3, 0.4) is 0 Å². The van der Waals surface area contributed by atoms with Gasteiger partial charge in [-0.05, 0) is 43.4 Å². The lowest BCUT2D eigenvalue weighted by atomic mass is 9.90. The van der Waals surface area contributed by atoms with Crippen molar-refractivity contribution in [2.75, 3.05) is 39.4 Å². The highest BCUT2D eigenvalue weighted by molar-refractivity contribution is 5.83. The molecule has 25 heavy (non-hydrogen) atoms. The van der Waals surface area contributed by atoms with Crippen LogP contribution < -0.4 is 5.73 Å². The zero-order chi connectivity index (χ0) is 17.8. The summed E-state index contributed by atoms with van der Waals surface area (Å²) in [7, 11) is 0. The number of nitrogens with two attached hydrogens (primary N) is 1. The molecule has 138 valence electrons. The molecule has 0 saturated carbocycles. The van der Waals surface area contributed by atoms with Crippen molar-refractivity contribution in [3.8, 4) is 0 Å². The first kappa shape index (κ1) is 18.3. The maximum Gasteiger partial charge on any atom is 0.244 e. The third kappa shape index (κ3) is 4.37. The molecule has 0 aliphatic carbocycles. The van der Waals surface area contributed by atoms with Crippen LogP contribution in [0.25, 0.3) is 0 Å². The van der Waals surface area contributed by atoms with E-state index in [0.29, 0.717) is 32.2 Å². The van der Waals surface area contributed by atoms with Gasteiger partial charge in [0.2, 0.25) is 5.91 Å². The first-order valence-electron chi connectivity index (χ1n) is 9.18. The first-order valence-corrected chi connectivity index (χ1v) is 9.18. The number of morpholine rings is 1. The van der Waals surface area contributed by atoms with E-state index < -0.39 is 6.04 Å². The number of nitrogens with zero attached hydrogens (tertiary/aromatic N) is 2. The van der Waals surface area contributed by atoms with E-state index in [4.69, 9.17) is 10.5 Å². The molecule has 0 bridgehead atoms. The average Bonchev–Trinajstić information content (AvgIpc) is 2.63. The average molecular weight is 349 g/mol. The molecule has 0 radical (unpaired) electrons. The molecule has 2 N–H and O–H groups in total. The fourth-order valence-electron chi connectivity index (χ4n) is 3.84. The van der Waals surface area contributed by atoms with Crippen LogP contribution in [0.2, 0.25) is 0 Å². The van der Waals surface area contributed by atoms with Gasteiger partial charge in [0.25, 0.3) is 0 Å². The van der Waals surface area contributed by atoms with Crippen LogP contribution in [0.5, 0.6) is 0 Å². The second-order valence-corrected chi connectivity index (χ2v) is 7.13. The Morgan fingerprint density at radius 3 is 2.52 bits per heavy atom. The minimum Gasteiger partial charge on any atom is -0.379 e. The summed E-state index contributed by atoms with van der Waals surface area (Å²) in [6, 6.07) is 6.14. The van der Waals surface area contributed by atoms with E-state index in [1.165, 1.54) is 12.1 Å². The number of carbonyl (C=O) groups excluding carboxylic acids is 1. The van der Waals surface area contributed by atoms with Crippen molar-refractivity contribution >= 4 is 5.91 Å². The Hall–Kier alpha value is -1.50. The molecule has 3 rings (SSSR count). The van der Waals surface area contributed by atoms with Gasteiger partial charge in [-0.15, -0.1) is 0 Å². The number of ether oxygens (including phenoxy) is 1. The van der Waals surface area contributed by atoms with Crippen LogP contribution in [0, 0.1) is 11.7 Å². The number of likely N-dealkylation sites (tertiary alicyclic amines) is 1. The lowest BCUT2D eigenvalue weighted by Gasteiger charge is -2.40. The number of piperidine rings is 1. The fourth-order valence-corrected chi connectivity index (χ4v) is 3.84. The van der Waals surface area contributed by atoms with Gasteiger partial charge in [-0.2, -0.15) is 0 Å². The summed E-state index contributed by atoms with van der Waals surface area (Å²) in [4.78, 5) is 17.3. The zero-order valence-corrected chi connectivity index (χ0v) is 14.9. The number of halogens is 1. The molecule has 2 atom stereocenters. The summed E-state index contributed by atoms with van der Waals surface area (Å²) in [6.07, 6.45) is 1.87. The van der Waals surface area contributed by atoms with E-state index in [9.17, 15) is 9.18 Å². The molecular weight excluding hydrogens is 321 g/mol. The smallest absolute Gasteiger partial charge is 0.244 e. The third-order valence-electron chi connectivity index (χ3n) is 5.40. The summed E-state index contributed by atoms with van der Waals surface area (Å²) < 4.78 is 19.2. The molecule has 1 aromatic carbocycles. The van der Waals surface area contributed by atoms with E-state index in [1.54, 1.807) is 6.07 Å². The van der Waals surface area contributed by atoms with Gasteiger partial charge in [0, 0.05) is 32.2 Å². The predicted molar refractivity (Wildman–Crippen MR) is 94.5 cm³/mol. The lowest BCUT2D eigenvalue weighted by molar-refractivity contribution is -0.140. The number of hydrogen-bond acceptors (Lipinski definition) is 4. The van der Waals surface area contributed by atoms with Crippen LogP contribution >= 0.6 is 0 Å². The largest absolute Gasteiger partial charge is 0.379 e. The van der Waals surface area contributed by atoms with Crippen LogP contribution in [-0.2, 0) is 9.53 Å². The van der Waals surface area contributed by atoms with Crippen LogP contribution in [0.4, 0.5) is 4.39 Å². The lowest BCUT2D eigenvalue weighted by Crippen LogP contribution is -2.50. The van der Waals surface area contributed by atoms with Gasteiger partial charge in [0.1, 0.15) is 11.9 Å². The van der Waals surface area contributed by atoms with Gasteiger partial charge in [-0.3, -0.25) is 9.69 Å². The van der Waals surface area contributed by atoms with E-state index in [2.05, 4.69) is 4.90 Å². The van der Waals surface area contributed by atoms with Crippen molar-refractivity contribution in [3.05, 3.63) is 35.6 Å². The van der Waals surface area contributed by atoms with E-state index in [0.717, 1.165) is 31.5 Å². The van der Waals surface area contributed by atoms with Gasteiger partial charge >= 0.3 is 0 Å². The van der Waals surface area contributed by atoms with Crippen LogP contribution in [-0.4, -0.2) is 61.1 Å². The molecule has 2 aliphatic rings. The maximum atomic E-state index is 13.8. The van der Waals surface area contributed by atoms with Crippen molar-refractivity contribution in [2.45, 2.75) is 31.8 Å². The molecule has 2 aliphatic heterocycles. The maximum absolute atomic E-state index is 13.8. The van der Waals surface area contributed by atoms with Gasteiger partial charge < -0.3 is 15.4 Å². The summed E-state index contributed by atoms with van der Waals surface area (Å²) in [5, 5.41) is 0. The van der Waals surface area contributed by atoms with E-state index in [1.807, 2.05) is 17.9 Å². The number of carbonyl (C=O) groups is 1. The number of benzene rings is 1. The molecule has 5 nitrogen and oxygen atoms in total. The van der Waals surface area contributed by atoms with E-state index >= 15 is 0 Å². The third-order valence-corrected chi connectivity index (χ3v) is 5.40. The van der Waals surface area contributed by atoms with Crippen molar-refractivity contribution in [2.24, 2.45) is 11.7 Å². The normalized spacial score (nSPS) is 22.6. The molecule has 1 aromatic rings. The topological polar surface area (TPSA) is 58.8 Å². The van der Waals surface area contributed by atoms with Crippen LogP contribution in [0.15, 0.2) is 24.3 Å². The Kier molecular flexibility index (Phi) is 6.04. The first-order chi connectivity index (χ1) is 12.1. The molecule has 0 aromatic heterocycles. The second kappa shape index (κ2) is 8.25. The number of hydrogen-bond donors (Lipinski definition) is 1. The molecule has 0 spiro atoms. The fraction of sp³-hybridized carbons (Fsp3) is 0.632. The molecule has 2 fully saturated rings. The SMILES string of the molecule is CC(N)C1CCN(C(=O)C(c2cccc(F)c2)N2CCOCC2)CC1. The van der Waals surface area contributed by atoms with Crippen molar-refractivity contribution < 1.29 is 13.9 Å². The molecule has 6 heteroatoms. The van der Waals surface area contributed by atoms with Gasteiger partial charge in [0.15, 0.2) is 0 Å². The highest BCUT2D eigenvalue weighted by atomic mass is 19.1. The Morgan fingerprint density at radius 1 is 1.24 bits per heavy atom. The Labute approximate surface area is 148 Å². The quantitative estimate of drug-likeness (QED) is 0.900. The van der Waals surface area contributed by atoms with Gasteiger partial charge in [-0.25, -0.2) is 4.39 Å². The monoisotopic (exact) mass is 349 g/mol. The molecular formula is C19H28FN3O2. The van der Waals surface area contributed by atoms with Gasteiger partial charge in [-0.1, -0.05) is 12.1 Å². The highest BCUT2D eigenvalue weighted by Gasteiger charge is 2.34. The number of amides is 1. The van der Waals surface area contributed by atoms with Crippen molar-refractivity contribution in [3.63, 3.8) is 0 Å². The summed E-state index contributed by atoms with van der Waals surface area (Å²) in [5.41, 5.74) is 6.73. The molecule has 2 saturated heterocycles. The van der Waals surface area contributed by atoms with Gasteiger partial charge in [0.05, 0.1) is 13.2 Å². The minimum absolute atomic E-state index is 0.0654. The summed E-state index contributed by atoms with van der Waals surface area (Å²) in [5.74, 6) is 0.231. The Morgan fingerprint density at radius 2 is 1.92 bits per heavy atom. The summed E-state index contributed by atoms with van der Waals surface area (Å²) >= 11 is 0. The molecule has 2 heterocycles. The zero-order valence-electron chi connectivity index (χ0n) is 14.9.